The summed E-state index contributed by atoms with van der Waals surface area (Å²) in [6.07, 6.45) is 16.0. The van der Waals surface area contributed by atoms with Gasteiger partial charge in [-0.05, 0) is 79.3 Å². The Labute approximate surface area is 186 Å². The Bertz CT molecular complexity index is 958. The molecule has 31 heavy (non-hydrogen) atoms. The van der Waals surface area contributed by atoms with Crippen molar-refractivity contribution in [3.05, 3.63) is 65.3 Å². The van der Waals surface area contributed by atoms with Gasteiger partial charge >= 0.3 is 0 Å². The van der Waals surface area contributed by atoms with Crippen LogP contribution in [0.3, 0.4) is 0 Å². The van der Waals surface area contributed by atoms with Gasteiger partial charge in [-0.2, -0.15) is 0 Å². The first-order valence-corrected chi connectivity index (χ1v) is 12.0. The Kier molecular flexibility index (Phi) is 5.21. The van der Waals surface area contributed by atoms with Crippen LogP contribution >= 0.6 is 0 Å². The summed E-state index contributed by atoms with van der Waals surface area (Å²) in [6.45, 7) is 4.79. The molecule has 0 bridgehead atoms. The fraction of sp³-hybridized carbons (Fsp3) is 0.536. The molecule has 6 atom stereocenters. The lowest BCUT2D eigenvalue weighted by Gasteiger charge is -2.56. The van der Waals surface area contributed by atoms with E-state index in [0.717, 1.165) is 44.2 Å². The van der Waals surface area contributed by atoms with Crippen LogP contribution in [0.25, 0.3) is 6.08 Å². The lowest BCUT2D eigenvalue weighted by molar-refractivity contribution is -0.0206. The number of rotatable bonds is 2. The van der Waals surface area contributed by atoms with Crippen molar-refractivity contribution in [2.24, 2.45) is 33.7 Å². The molecular weight excluding hydrogens is 382 g/mol. The molecule has 5 rings (SSSR count). The van der Waals surface area contributed by atoms with Crippen molar-refractivity contribution in [1.82, 2.24) is 0 Å². The summed E-state index contributed by atoms with van der Waals surface area (Å²) in [6, 6.07) is 10.3. The molecular formula is C28H35NO2. The smallest absolute Gasteiger partial charge is 0.0889 e. The maximum Gasteiger partial charge on any atom is 0.0889 e. The van der Waals surface area contributed by atoms with Gasteiger partial charge in [0.25, 0.3) is 0 Å². The van der Waals surface area contributed by atoms with Crippen molar-refractivity contribution in [2.75, 3.05) is 0 Å². The Morgan fingerprint density at radius 1 is 1.00 bits per heavy atom. The second-order valence-corrected chi connectivity index (χ2v) is 10.7. The highest BCUT2D eigenvalue weighted by atomic mass is 16.4. The van der Waals surface area contributed by atoms with Crippen LogP contribution in [0, 0.1) is 28.6 Å². The zero-order valence-electron chi connectivity index (χ0n) is 18.8. The van der Waals surface area contributed by atoms with Crippen LogP contribution in [-0.2, 0) is 0 Å². The lowest BCUT2D eigenvalue weighted by atomic mass is 9.48. The molecule has 3 heteroatoms. The van der Waals surface area contributed by atoms with Gasteiger partial charge in [-0.1, -0.05) is 79.2 Å². The van der Waals surface area contributed by atoms with E-state index in [1.54, 1.807) is 0 Å². The molecule has 4 aliphatic carbocycles. The van der Waals surface area contributed by atoms with E-state index in [1.165, 1.54) is 23.1 Å². The first-order chi connectivity index (χ1) is 15.0. The van der Waals surface area contributed by atoms with E-state index >= 15 is 0 Å². The van der Waals surface area contributed by atoms with Crippen LogP contribution in [0.5, 0.6) is 0 Å². The molecule has 0 radical (unpaired) electrons. The topological polar surface area (TPSA) is 52.8 Å². The first-order valence-electron chi connectivity index (χ1n) is 12.0. The quantitative estimate of drug-likeness (QED) is 0.333. The van der Waals surface area contributed by atoms with Crippen molar-refractivity contribution in [2.45, 2.75) is 64.9 Å². The van der Waals surface area contributed by atoms with Crippen LogP contribution in [-0.4, -0.2) is 22.1 Å². The maximum absolute atomic E-state index is 10.2. The van der Waals surface area contributed by atoms with Crippen molar-refractivity contribution in [3.63, 3.8) is 0 Å². The van der Waals surface area contributed by atoms with E-state index in [1.807, 2.05) is 6.07 Å². The summed E-state index contributed by atoms with van der Waals surface area (Å²) in [5.74, 6) is 1.83. The predicted molar refractivity (Wildman–Crippen MR) is 126 cm³/mol. The zero-order valence-corrected chi connectivity index (χ0v) is 18.8. The Balaban J connectivity index is 1.44. The Morgan fingerprint density at radius 2 is 1.77 bits per heavy atom. The molecule has 0 aliphatic heterocycles. The molecule has 0 amide bonds. The molecule has 0 spiro atoms. The van der Waals surface area contributed by atoms with E-state index < -0.39 is 0 Å². The lowest BCUT2D eigenvalue weighted by Crippen LogP contribution is -2.50. The van der Waals surface area contributed by atoms with E-state index in [2.05, 4.69) is 67.6 Å². The summed E-state index contributed by atoms with van der Waals surface area (Å²) >= 11 is 0. The number of aliphatic hydroxyl groups excluding tert-OH is 1. The van der Waals surface area contributed by atoms with E-state index in [4.69, 9.17) is 0 Å². The van der Waals surface area contributed by atoms with Gasteiger partial charge in [0.1, 0.15) is 0 Å². The fourth-order valence-electron chi connectivity index (χ4n) is 7.50. The van der Waals surface area contributed by atoms with Crippen LogP contribution in [0.2, 0.25) is 0 Å². The average molecular weight is 418 g/mol. The van der Waals surface area contributed by atoms with Crippen LogP contribution in [0.4, 0.5) is 0 Å². The average Bonchev–Trinajstić information content (AvgIpc) is 3.06. The normalized spacial score (nSPS) is 42.4. The SMILES string of the molecule is C[C@]12CC[C@H](O)CC1=CCC1C2CC[C@]2(C)C(=N\O)/C(=C/C=C/c3ccccc3)CC12. The van der Waals surface area contributed by atoms with Crippen LogP contribution < -0.4 is 0 Å². The summed E-state index contributed by atoms with van der Waals surface area (Å²) in [7, 11) is 0. The number of oxime groups is 1. The molecule has 164 valence electrons. The molecule has 3 nitrogen and oxygen atoms in total. The van der Waals surface area contributed by atoms with Gasteiger partial charge in [0, 0.05) is 5.41 Å². The number of allylic oxidation sites excluding steroid dienone is 4. The van der Waals surface area contributed by atoms with Crippen LogP contribution in [0.15, 0.2) is 64.9 Å². The van der Waals surface area contributed by atoms with Gasteiger partial charge in [-0.25, -0.2) is 0 Å². The van der Waals surface area contributed by atoms with Crippen molar-refractivity contribution >= 4 is 11.8 Å². The molecule has 3 fully saturated rings. The highest BCUT2D eigenvalue weighted by Crippen LogP contribution is 2.64. The van der Waals surface area contributed by atoms with Crippen LogP contribution in [0.1, 0.15) is 64.4 Å². The third-order valence-corrected chi connectivity index (χ3v) is 9.24. The maximum atomic E-state index is 10.2. The van der Waals surface area contributed by atoms with Crippen molar-refractivity contribution in [3.8, 4) is 0 Å². The minimum Gasteiger partial charge on any atom is -0.411 e. The van der Waals surface area contributed by atoms with E-state index in [0.29, 0.717) is 17.8 Å². The van der Waals surface area contributed by atoms with Gasteiger partial charge < -0.3 is 10.3 Å². The fourth-order valence-corrected chi connectivity index (χ4v) is 7.50. The monoisotopic (exact) mass is 417 g/mol. The summed E-state index contributed by atoms with van der Waals surface area (Å²) in [5, 5.41) is 24.1. The third kappa shape index (κ3) is 3.33. The van der Waals surface area contributed by atoms with Gasteiger partial charge in [0.05, 0.1) is 11.8 Å². The van der Waals surface area contributed by atoms with Crippen molar-refractivity contribution < 1.29 is 10.3 Å². The van der Waals surface area contributed by atoms with Gasteiger partial charge in [-0.3, -0.25) is 0 Å². The molecule has 3 saturated carbocycles. The van der Waals surface area contributed by atoms with E-state index in [9.17, 15) is 10.3 Å². The Morgan fingerprint density at radius 3 is 2.55 bits per heavy atom. The minimum absolute atomic E-state index is 0.0434. The molecule has 0 heterocycles. The second kappa shape index (κ2) is 7.78. The van der Waals surface area contributed by atoms with Gasteiger partial charge in [-0.15, -0.1) is 0 Å². The highest BCUT2D eigenvalue weighted by Gasteiger charge is 2.59. The minimum atomic E-state index is -0.157. The molecule has 0 saturated heterocycles. The second-order valence-electron chi connectivity index (χ2n) is 10.7. The third-order valence-electron chi connectivity index (χ3n) is 9.24. The summed E-state index contributed by atoms with van der Waals surface area (Å²) in [4.78, 5) is 0. The summed E-state index contributed by atoms with van der Waals surface area (Å²) in [5.41, 5.74) is 4.99. The number of nitrogens with zero attached hydrogens (tertiary/aromatic N) is 1. The van der Waals surface area contributed by atoms with E-state index in [-0.39, 0.29) is 16.9 Å². The first kappa shape index (κ1) is 20.8. The molecule has 1 aromatic carbocycles. The Hall–Kier alpha value is -2.13. The van der Waals surface area contributed by atoms with Gasteiger partial charge in [0.2, 0.25) is 0 Å². The van der Waals surface area contributed by atoms with Crippen molar-refractivity contribution in [1.29, 1.82) is 0 Å². The molecule has 4 aliphatic rings. The number of hydrogen-bond acceptors (Lipinski definition) is 3. The number of aliphatic hydroxyl groups is 1. The standard InChI is InChI=1S/C28H35NO2/c1-27-15-13-22(30)18-21(27)11-12-23-24(27)14-16-28(2)25(23)17-20(26(28)29-31)10-6-9-19-7-4-3-5-8-19/h3-11,22-25,30-31H,12-18H2,1-2H3/b9-6+,20-10+,29-26-/t22-,23?,24?,25?,27-,28-/m0/s1. The summed E-state index contributed by atoms with van der Waals surface area (Å²) < 4.78 is 0. The van der Waals surface area contributed by atoms with Gasteiger partial charge in [0.15, 0.2) is 0 Å². The molecule has 0 aromatic heterocycles. The highest BCUT2D eigenvalue weighted by molar-refractivity contribution is 6.06. The molecule has 2 N–H and O–H groups in total. The zero-order chi connectivity index (χ0) is 21.6. The molecule has 3 unspecified atom stereocenters. The number of hydrogen-bond donors (Lipinski definition) is 2. The molecule has 1 aromatic rings. The number of fused-ring (bicyclic) bond motifs is 5. The largest absolute Gasteiger partial charge is 0.411 e. The predicted octanol–water partition coefficient (Wildman–Crippen LogP) is 6.39. The number of benzene rings is 1.